The number of H-pyrrole nitrogens is 1. The molecule has 102 valence electrons. The number of anilines is 1. The number of aromatic amines is 1. The number of nitrogens with zero attached hydrogens (tertiary/aromatic N) is 2. The van der Waals surface area contributed by atoms with Crippen LogP contribution in [0.15, 0.2) is 42.5 Å². The molecule has 0 atom stereocenters. The Morgan fingerprint density at radius 2 is 1.90 bits per heavy atom. The molecule has 1 N–H and O–H groups in total. The number of aromatic nitrogens is 2. The number of rotatable bonds is 3. The Morgan fingerprint density at radius 3 is 2.70 bits per heavy atom. The van der Waals surface area contributed by atoms with Crippen molar-refractivity contribution in [3.05, 3.63) is 47.7 Å². The predicted octanol–water partition coefficient (Wildman–Crippen LogP) is 4.07. The Hall–Kier alpha value is -2.20. The molecule has 0 amide bonds. The minimum Gasteiger partial charge on any atom is -0.457 e. The van der Waals surface area contributed by atoms with Gasteiger partial charge in [0.15, 0.2) is 0 Å². The molecule has 0 bridgehead atoms. The van der Waals surface area contributed by atoms with Crippen LogP contribution in [0.4, 0.5) is 5.69 Å². The second kappa shape index (κ2) is 5.06. The zero-order valence-corrected chi connectivity index (χ0v) is 12.0. The van der Waals surface area contributed by atoms with Gasteiger partial charge < -0.3 is 14.6 Å². The van der Waals surface area contributed by atoms with Gasteiger partial charge in [0.2, 0.25) is 5.28 Å². The second-order valence-electron chi connectivity index (χ2n) is 4.70. The number of fused-ring (bicyclic) bond motifs is 1. The average molecular weight is 288 g/mol. The van der Waals surface area contributed by atoms with Crippen LogP contribution in [0.1, 0.15) is 0 Å². The molecule has 0 saturated carbocycles. The topological polar surface area (TPSA) is 41.1 Å². The van der Waals surface area contributed by atoms with Crippen LogP contribution >= 0.6 is 11.6 Å². The number of imidazole rings is 1. The summed E-state index contributed by atoms with van der Waals surface area (Å²) in [6.07, 6.45) is 0. The Kier molecular flexibility index (Phi) is 3.24. The van der Waals surface area contributed by atoms with Crippen molar-refractivity contribution >= 4 is 28.3 Å². The molecule has 3 aromatic rings. The number of nitrogens with one attached hydrogen (secondary N) is 1. The van der Waals surface area contributed by atoms with E-state index < -0.39 is 0 Å². The molecule has 5 heteroatoms. The third kappa shape index (κ3) is 2.56. The molecule has 0 aliphatic carbocycles. The molecular formula is C15H14ClN3O. The first kappa shape index (κ1) is 12.8. The van der Waals surface area contributed by atoms with Crippen molar-refractivity contribution in [1.82, 2.24) is 9.97 Å². The van der Waals surface area contributed by atoms with Crippen molar-refractivity contribution in [2.45, 2.75) is 0 Å². The van der Waals surface area contributed by atoms with Crippen LogP contribution in [-0.2, 0) is 0 Å². The zero-order chi connectivity index (χ0) is 14.1. The van der Waals surface area contributed by atoms with Crippen LogP contribution in [0, 0.1) is 0 Å². The zero-order valence-electron chi connectivity index (χ0n) is 11.2. The summed E-state index contributed by atoms with van der Waals surface area (Å²) in [6, 6.07) is 13.6. The highest BCUT2D eigenvalue weighted by atomic mass is 35.5. The van der Waals surface area contributed by atoms with Gasteiger partial charge in [0.05, 0.1) is 11.0 Å². The van der Waals surface area contributed by atoms with Crippen LogP contribution in [0.5, 0.6) is 11.5 Å². The second-order valence-corrected chi connectivity index (χ2v) is 5.06. The molecule has 0 spiro atoms. The van der Waals surface area contributed by atoms with Crippen LogP contribution < -0.4 is 9.64 Å². The predicted molar refractivity (Wildman–Crippen MR) is 81.9 cm³/mol. The van der Waals surface area contributed by atoms with E-state index in [0.717, 1.165) is 28.2 Å². The number of benzene rings is 2. The fourth-order valence-corrected chi connectivity index (χ4v) is 2.17. The van der Waals surface area contributed by atoms with Gasteiger partial charge in [-0.25, -0.2) is 4.98 Å². The van der Waals surface area contributed by atoms with Gasteiger partial charge in [-0.15, -0.1) is 0 Å². The first-order chi connectivity index (χ1) is 9.61. The van der Waals surface area contributed by atoms with Gasteiger partial charge in [-0.05, 0) is 35.9 Å². The van der Waals surface area contributed by atoms with Crippen LogP contribution in [0.3, 0.4) is 0 Å². The van der Waals surface area contributed by atoms with Crippen LogP contribution in [0.2, 0.25) is 5.28 Å². The Balaban J connectivity index is 1.90. The molecule has 2 aromatic carbocycles. The summed E-state index contributed by atoms with van der Waals surface area (Å²) < 4.78 is 5.86. The molecule has 1 heterocycles. The monoisotopic (exact) mass is 287 g/mol. The summed E-state index contributed by atoms with van der Waals surface area (Å²) in [6.45, 7) is 0. The minimum absolute atomic E-state index is 0.381. The lowest BCUT2D eigenvalue weighted by molar-refractivity contribution is 0.483. The van der Waals surface area contributed by atoms with Gasteiger partial charge in [0.1, 0.15) is 11.5 Å². The highest BCUT2D eigenvalue weighted by Gasteiger charge is 2.04. The number of halogens is 1. The summed E-state index contributed by atoms with van der Waals surface area (Å²) in [7, 11) is 3.99. The average Bonchev–Trinajstić information content (AvgIpc) is 2.78. The molecular weight excluding hydrogens is 274 g/mol. The number of hydrogen-bond acceptors (Lipinski definition) is 3. The lowest BCUT2D eigenvalue weighted by Crippen LogP contribution is -2.08. The summed E-state index contributed by atoms with van der Waals surface area (Å²) in [5.74, 6) is 1.52. The van der Waals surface area contributed by atoms with Gasteiger partial charge in [-0.2, -0.15) is 0 Å². The van der Waals surface area contributed by atoms with Crippen molar-refractivity contribution in [3.63, 3.8) is 0 Å². The quantitative estimate of drug-likeness (QED) is 0.789. The number of ether oxygens (including phenoxy) is 1. The largest absolute Gasteiger partial charge is 0.457 e. The van der Waals surface area contributed by atoms with Gasteiger partial charge in [-0.3, -0.25) is 0 Å². The maximum atomic E-state index is 5.86. The first-order valence-electron chi connectivity index (χ1n) is 6.22. The van der Waals surface area contributed by atoms with Crippen LogP contribution in [0.25, 0.3) is 11.0 Å². The molecule has 0 saturated heterocycles. The Bertz CT molecular complexity index is 752. The minimum atomic E-state index is 0.381. The number of hydrogen-bond donors (Lipinski definition) is 1. The van der Waals surface area contributed by atoms with Crippen molar-refractivity contribution in [3.8, 4) is 11.5 Å². The van der Waals surface area contributed by atoms with Crippen molar-refractivity contribution in [1.29, 1.82) is 0 Å². The molecule has 20 heavy (non-hydrogen) atoms. The maximum absolute atomic E-state index is 5.86. The lowest BCUT2D eigenvalue weighted by atomic mass is 10.2. The highest BCUT2D eigenvalue weighted by molar-refractivity contribution is 6.29. The first-order valence-corrected chi connectivity index (χ1v) is 6.60. The normalized spacial score (nSPS) is 10.8. The van der Waals surface area contributed by atoms with Gasteiger partial charge in [0, 0.05) is 31.9 Å². The molecule has 3 rings (SSSR count). The molecule has 0 aliphatic heterocycles. The van der Waals surface area contributed by atoms with E-state index in [9.17, 15) is 0 Å². The van der Waals surface area contributed by atoms with Gasteiger partial charge >= 0.3 is 0 Å². The lowest BCUT2D eigenvalue weighted by Gasteiger charge is -2.13. The third-order valence-electron chi connectivity index (χ3n) is 3.00. The van der Waals surface area contributed by atoms with E-state index in [1.807, 2.05) is 61.5 Å². The molecule has 0 fully saturated rings. The fourth-order valence-electron chi connectivity index (χ4n) is 1.98. The van der Waals surface area contributed by atoms with Gasteiger partial charge in [0.25, 0.3) is 0 Å². The van der Waals surface area contributed by atoms with E-state index in [2.05, 4.69) is 9.97 Å². The fraction of sp³-hybridized carbons (Fsp3) is 0.133. The highest BCUT2D eigenvalue weighted by Crippen LogP contribution is 2.27. The van der Waals surface area contributed by atoms with Crippen molar-refractivity contribution in [2.24, 2.45) is 0 Å². The van der Waals surface area contributed by atoms with Crippen molar-refractivity contribution < 1.29 is 4.74 Å². The van der Waals surface area contributed by atoms with E-state index in [1.165, 1.54) is 0 Å². The van der Waals surface area contributed by atoms with E-state index in [1.54, 1.807) is 0 Å². The summed E-state index contributed by atoms with van der Waals surface area (Å²) in [5, 5.41) is 0.381. The Morgan fingerprint density at radius 1 is 1.10 bits per heavy atom. The SMILES string of the molecule is CN(C)c1cccc(Oc2ccc3[nH]c(Cl)nc3c2)c1. The molecule has 4 nitrogen and oxygen atoms in total. The maximum Gasteiger partial charge on any atom is 0.201 e. The third-order valence-corrected chi connectivity index (χ3v) is 3.17. The van der Waals surface area contributed by atoms with E-state index >= 15 is 0 Å². The van der Waals surface area contributed by atoms with Gasteiger partial charge in [-0.1, -0.05) is 6.07 Å². The molecule has 0 radical (unpaired) electrons. The van der Waals surface area contributed by atoms with E-state index in [0.29, 0.717) is 5.28 Å². The van der Waals surface area contributed by atoms with Crippen molar-refractivity contribution in [2.75, 3.05) is 19.0 Å². The summed E-state index contributed by atoms with van der Waals surface area (Å²) in [5.41, 5.74) is 2.77. The van der Waals surface area contributed by atoms with E-state index in [-0.39, 0.29) is 0 Å². The molecule has 0 aliphatic rings. The Labute approximate surface area is 122 Å². The summed E-state index contributed by atoms with van der Waals surface area (Å²) >= 11 is 5.84. The van der Waals surface area contributed by atoms with Crippen LogP contribution in [-0.4, -0.2) is 24.1 Å². The van der Waals surface area contributed by atoms with E-state index in [4.69, 9.17) is 16.3 Å². The summed E-state index contributed by atoms with van der Waals surface area (Å²) in [4.78, 5) is 9.18. The smallest absolute Gasteiger partial charge is 0.201 e. The molecule has 1 aromatic heterocycles. The standard InChI is InChI=1S/C15H14ClN3O/c1-19(2)10-4-3-5-11(8-10)20-12-6-7-13-14(9-12)18-15(16)17-13/h3-9H,1-2H3,(H,17,18). The molecule has 0 unspecified atom stereocenters.